The number of aromatic nitrogens is 2. The van der Waals surface area contributed by atoms with Gasteiger partial charge < -0.3 is 0 Å². The number of aryl methyl sites for hydroxylation is 1. The number of nitrogens with one attached hydrogen (secondary N) is 1. The number of halogens is 1. The van der Waals surface area contributed by atoms with E-state index in [1.54, 1.807) is 13.0 Å². The molecular formula is C9H9ClN2O3S. The average Bonchev–Trinajstić information content (AvgIpc) is 2.54. The van der Waals surface area contributed by atoms with Crippen molar-refractivity contribution in [2.24, 2.45) is 0 Å². The van der Waals surface area contributed by atoms with Gasteiger partial charge in [0.05, 0.1) is 15.8 Å². The Hall–Kier alpha value is -1.27. The molecule has 0 fully saturated rings. The Morgan fingerprint density at radius 1 is 1.44 bits per heavy atom. The molecule has 2 aromatic rings. The second-order valence-electron chi connectivity index (χ2n) is 3.28. The molecule has 0 unspecified atom stereocenters. The molecule has 1 aromatic heterocycles. The summed E-state index contributed by atoms with van der Waals surface area (Å²) in [6, 6.07) is 4.49. The van der Waals surface area contributed by atoms with Crippen molar-refractivity contribution in [1.29, 1.82) is 0 Å². The van der Waals surface area contributed by atoms with Crippen molar-refractivity contribution in [1.82, 2.24) is 9.78 Å². The molecule has 0 amide bonds. The highest BCUT2D eigenvalue weighted by Crippen LogP contribution is 2.21. The van der Waals surface area contributed by atoms with E-state index in [4.69, 9.17) is 10.7 Å². The van der Waals surface area contributed by atoms with E-state index < -0.39 is 9.05 Å². The maximum Gasteiger partial charge on any atom is 0.275 e. The van der Waals surface area contributed by atoms with Gasteiger partial charge in [0.15, 0.2) is 0 Å². The summed E-state index contributed by atoms with van der Waals surface area (Å²) in [5.41, 5.74) is 0.0888. The van der Waals surface area contributed by atoms with Crippen LogP contribution in [0.4, 0.5) is 0 Å². The van der Waals surface area contributed by atoms with Crippen LogP contribution in [0.15, 0.2) is 27.9 Å². The van der Waals surface area contributed by atoms with Gasteiger partial charge in [0.25, 0.3) is 14.6 Å². The number of fused-ring (bicyclic) bond motifs is 1. The minimum absolute atomic E-state index is 0.111. The standard InChI is InChI=1S/C9H9ClN2O3S/c1-2-12-9(13)8-6(11-12)4-3-5-7(8)16(10,14)15/h3-5,11H,2H2,1H3. The number of hydrogen-bond donors (Lipinski definition) is 1. The first-order chi connectivity index (χ1) is 7.45. The third-order valence-electron chi connectivity index (χ3n) is 2.32. The van der Waals surface area contributed by atoms with Gasteiger partial charge in [-0.2, -0.15) is 0 Å². The average molecular weight is 261 g/mol. The van der Waals surface area contributed by atoms with Gasteiger partial charge in [-0.1, -0.05) is 6.07 Å². The fourth-order valence-electron chi connectivity index (χ4n) is 1.60. The van der Waals surface area contributed by atoms with Crippen LogP contribution in [0.5, 0.6) is 0 Å². The van der Waals surface area contributed by atoms with Gasteiger partial charge in [0.1, 0.15) is 0 Å². The van der Waals surface area contributed by atoms with Crippen molar-refractivity contribution >= 4 is 30.6 Å². The molecule has 0 saturated heterocycles. The number of nitrogens with zero attached hydrogens (tertiary/aromatic N) is 1. The topological polar surface area (TPSA) is 71.9 Å². The van der Waals surface area contributed by atoms with Gasteiger partial charge in [0, 0.05) is 17.2 Å². The number of hydrogen-bond acceptors (Lipinski definition) is 3. The van der Waals surface area contributed by atoms with Gasteiger partial charge in [0.2, 0.25) is 0 Å². The molecule has 0 spiro atoms. The van der Waals surface area contributed by atoms with E-state index in [1.807, 2.05) is 0 Å². The van der Waals surface area contributed by atoms with Crippen molar-refractivity contribution in [3.63, 3.8) is 0 Å². The molecule has 0 radical (unpaired) electrons. The number of H-pyrrole nitrogens is 1. The Balaban J connectivity index is 2.98. The maximum absolute atomic E-state index is 11.8. The lowest BCUT2D eigenvalue weighted by molar-refractivity contribution is 0.610. The predicted octanol–water partition coefficient (Wildman–Crippen LogP) is 1.28. The van der Waals surface area contributed by atoms with Crippen molar-refractivity contribution in [3.8, 4) is 0 Å². The predicted molar refractivity (Wildman–Crippen MR) is 61.3 cm³/mol. The lowest BCUT2D eigenvalue weighted by atomic mass is 10.2. The molecule has 0 bridgehead atoms. The third-order valence-corrected chi connectivity index (χ3v) is 3.68. The van der Waals surface area contributed by atoms with Crippen LogP contribution >= 0.6 is 10.7 Å². The minimum Gasteiger partial charge on any atom is -0.295 e. The summed E-state index contributed by atoms with van der Waals surface area (Å²) in [6.07, 6.45) is 0. The monoisotopic (exact) mass is 260 g/mol. The van der Waals surface area contributed by atoms with E-state index in [1.165, 1.54) is 16.8 Å². The highest BCUT2D eigenvalue weighted by molar-refractivity contribution is 8.14. The smallest absolute Gasteiger partial charge is 0.275 e. The lowest BCUT2D eigenvalue weighted by Gasteiger charge is -1.95. The molecule has 1 aromatic carbocycles. The lowest BCUT2D eigenvalue weighted by Crippen LogP contribution is -2.15. The fraction of sp³-hybridized carbons (Fsp3) is 0.222. The highest BCUT2D eigenvalue weighted by atomic mass is 35.7. The molecular weight excluding hydrogens is 252 g/mol. The zero-order valence-corrected chi connectivity index (χ0v) is 9.97. The normalized spacial score (nSPS) is 12.1. The van der Waals surface area contributed by atoms with E-state index in [2.05, 4.69) is 5.10 Å². The van der Waals surface area contributed by atoms with E-state index in [0.29, 0.717) is 12.1 Å². The summed E-state index contributed by atoms with van der Waals surface area (Å²) >= 11 is 0. The van der Waals surface area contributed by atoms with Crippen LogP contribution < -0.4 is 5.56 Å². The van der Waals surface area contributed by atoms with Crippen molar-refractivity contribution in [2.45, 2.75) is 18.4 Å². The fourth-order valence-corrected chi connectivity index (χ4v) is 2.67. The summed E-state index contributed by atoms with van der Waals surface area (Å²) in [7, 11) is 1.36. The van der Waals surface area contributed by atoms with Crippen molar-refractivity contribution in [3.05, 3.63) is 28.6 Å². The van der Waals surface area contributed by atoms with Gasteiger partial charge in [-0.25, -0.2) is 8.42 Å². The van der Waals surface area contributed by atoms with E-state index in [0.717, 1.165) is 0 Å². The summed E-state index contributed by atoms with van der Waals surface area (Å²) < 4.78 is 23.9. The van der Waals surface area contributed by atoms with Gasteiger partial charge in [-0.05, 0) is 19.1 Å². The first kappa shape index (κ1) is 11.2. The number of rotatable bonds is 2. The summed E-state index contributed by atoms with van der Waals surface area (Å²) in [5.74, 6) is 0. The van der Waals surface area contributed by atoms with E-state index in [9.17, 15) is 13.2 Å². The molecule has 1 heterocycles. The Morgan fingerprint density at radius 2 is 2.12 bits per heavy atom. The zero-order valence-electron chi connectivity index (χ0n) is 8.40. The zero-order chi connectivity index (χ0) is 11.9. The van der Waals surface area contributed by atoms with E-state index in [-0.39, 0.29) is 15.8 Å². The Morgan fingerprint density at radius 3 is 2.69 bits per heavy atom. The van der Waals surface area contributed by atoms with Crippen LogP contribution in [0.1, 0.15) is 6.92 Å². The second-order valence-corrected chi connectivity index (χ2v) is 5.81. The minimum atomic E-state index is -3.91. The first-order valence-electron chi connectivity index (χ1n) is 4.61. The van der Waals surface area contributed by atoms with Gasteiger partial charge in [-0.3, -0.25) is 14.6 Å². The highest BCUT2D eigenvalue weighted by Gasteiger charge is 2.18. The van der Waals surface area contributed by atoms with E-state index >= 15 is 0 Å². The van der Waals surface area contributed by atoms with Gasteiger partial charge >= 0.3 is 0 Å². The summed E-state index contributed by atoms with van der Waals surface area (Å²) in [4.78, 5) is 11.7. The molecule has 5 nitrogen and oxygen atoms in total. The van der Waals surface area contributed by atoms with Crippen LogP contribution in [-0.4, -0.2) is 18.2 Å². The van der Waals surface area contributed by atoms with Crippen LogP contribution in [0.3, 0.4) is 0 Å². The Labute approximate surface area is 96.0 Å². The second kappa shape index (κ2) is 3.64. The molecule has 16 heavy (non-hydrogen) atoms. The maximum atomic E-state index is 11.8. The van der Waals surface area contributed by atoms with Crippen LogP contribution in [0.25, 0.3) is 10.9 Å². The third kappa shape index (κ3) is 1.64. The molecule has 0 saturated carbocycles. The van der Waals surface area contributed by atoms with Crippen LogP contribution in [-0.2, 0) is 15.6 Å². The molecule has 0 aliphatic carbocycles. The molecule has 1 N–H and O–H groups in total. The molecule has 0 atom stereocenters. The Kier molecular flexibility index (Phi) is 2.55. The molecule has 2 rings (SSSR count). The number of benzene rings is 1. The molecule has 86 valence electrons. The quantitative estimate of drug-likeness (QED) is 0.827. The molecule has 0 aliphatic rings. The van der Waals surface area contributed by atoms with Gasteiger partial charge in [-0.15, -0.1) is 0 Å². The molecule has 7 heteroatoms. The first-order valence-corrected chi connectivity index (χ1v) is 6.92. The largest absolute Gasteiger partial charge is 0.295 e. The van der Waals surface area contributed by atoms with Crippen molar-refractivity contribution < 1.29 is 8.42 Å². The number of aromatic amines is 1. The van der Waals surface area contributed by atoms with Crippen LogP contribution in [0.2, 0.25) is 0 Å². The van der Waals surface area contributed by atoms with Crippen molar-refractivity contribution in [2.75, 3.05) is 0 Å². The summed E-state index contributed by atoms with van der Waals surface area (Å²) in [5, 5.41) is 2.92. The van der Waals surface area contributed by atoms with Crippen LogP contribution in [0, 0.1) is 0 Å². The summed E-state index contributed by atoms with van der Waals surface area (Å²) in [6.45, 7) is 2.22. The SMILES string of the molecule is CCn1[nH]c2cccc(S(=O)(=O)Cl)c2c1=O. The Bertz CT molecular complexity index is 699. The molecule has 0 aliphatic heterocycles.